The second-order valence-corrected chi connectivity index (χ2v) is 7.42. The summed E-state index contributed by atoms with van der Waals surface area (Å²) < 4.78 is 10.6. The van der Waals surface area contributed by atoms with Crippen LogP contribution in [0.5, 0.6) is 0 Å². The number of aryl methyl sites for hydroxylation is 2. The highest BCUT2D eigenvalue weighted by molar-refractivity contribution is 7.16. The fourth-order valence-electron chi connectivity index (χ4n) is 2.84. The summed E-state index contributed by atoms with van der Waals surface area (Å²) in [6, 6.07) is 5.88. The first-order chi connectivity index (χ1) is 12.4. The van der Waals surface area contributed by atoms with Gasteiger partial charge in [-0.15, -0.1) is 11.3 Å². The maximum Gasteiger partial charge on any atom is 0.341 e. The van der Waals surface area contributed by atoms with Gasteiger partial charge in [0, 0.05) is 15.8 Å². The number of fused-ring (bicyclic) bond motifs is 1. The average Bonchev–Trinajstić information content (AvgIpc) is 3.09. The Morgan fingerprint density at radius 3 is 2.73 bits per heavy atom. The lowest BCUT2D eigenvalue weighted by Crippen LogP contribution is -2.16. The quantitative estimate of drug-likeness (QED) is 0.656. The minimum Gasteiger partial charge on any atom is -0.464 e. The second kappa shape index (κ2) is 7.33. The third kappa shape index (κ3) is 3.51. The van der Waals surface area contributed by atoms with E-state index in [-0.39, 0.29) is 12.3 Å². The van der Waals surface area contributed by atoms with E-state index in [1.54, 1.807) is 13.2 Å². The monoisotopic (exact) mass is 371 g/mol. The maximum atomic E-state index is 12.6. The molecule has 0 unspecified atom stereocenters. The molecular formula is C20H21NO4S. The molecule has 1 N–H and O–H groups in total. The Bertz CT molecular complexity index is 983. The third-order valence-corrected chi connectivity index (χ3v) is 5.40. The number of rotatable bonds is 5. The van der Waals surface area contributed by atoms with Gasteiger partial charge < -0.3 is 14.5 Å². The van der Waals surface area contributed by atoms with Gasteiger partial charge in [0.1, 0.15) is 10.6 Å². The van der Waals surface area contributed by atoms with Crippen LogP contribution in [0.2, 0.25) is 0 Å². The Morgan fingerprint density at radius 1 is 1.23 bits per heavy atom. The van der Waals surface area contributed by atoms with Crippen molar-refractivity contribution >= 4 is 39.2 Å². The molecule has 0 spiro atoms. The maximum absolute atomic E-state index is 12.6. The zero-order valence-corrected chi connectivity index (χ0v) is 16.1. The Labute approximate surface area is 156 Å². The molecule has 2 heterocycles. The standard InChI is InChI=1S/C20H21NO4S/c1-5-24-20(23)18-12(3)13(4)26-19(18)21-17(22)9-14-10-25-16-7-6-11(2)8-15(14)16/h6-8,10H,5,9H2,1-4H3,(H,21,22). The molecule has 1 amide bonds. The van der Waals surface area contributed by atoms with Gasteiger partial charge in [0.15, 0.2) is 0 Å². The van der Waals surface area contributed by atoms with Crippen LogP contribution in [0.4, 0.5) is 5.00 Å². The van der Waals surface area contributed by atoms with Gasteiger partial charge in [-0.1, -0.05) is 11.6 Å². The molecule has 5 nitrogen and oxygen atoms in total. The molecule has 0 aliphatic rings. The summed E-state index contributed by atoms with van der Waals surface area (Å²) in [6.07, 6.45) is 1.79. The van der Waals surface area contributed by atoms with Gasteiger partial charge in [0.05, 0.1) is 24.9 Å². The molecule has 136 valence electrons. The lowest BCUT2D eigenvalue weighted by atomic mass is 10.1. The normalized spacial score (nSPS) is 10.9. The van der Waals surface area contributed by atoms with E-state index in [0.29, 0.717) is 17.2 Å². The van der Waals surface area contributed by atoms with Gasteiger partial charge in [0.2, 0.25) is 5.91 Å². The molecule has 2 aromatic heterocycles. The molecular weight excluding hydrogens is 350 g/mol. The highest BCUT2D eigenvalue weighted by atomic mass is 32.1. The van der Waals surface area contributed by atoms with E-state index >= 15 is 0 Å². The van der Waals surface area contributed by atoms with Crippen molar-refractivity contribution in [2.24, 2.45) is 0 Å². The Morgan fingerprint density at radius 2 is 2.00 bits per heavy atom. The van der Waals surface area contributed by atoms with E-state index < -0.39 is 5.97 Å². The number of ether oxygens (including phenoxy) is 1. The smallest absolute Gasteiger partial charge is 0.341 e. The number of thiophene rings is 1. The van der Waals surface area contributed by atoms with E-state index in [1.165, 1.54) is 11.3 Å². The zero-order valence-electron chi connectivity index (χ0n) is 15.3. The molecule has 1 aromatic carbocycles. The van der Waals surface area contributed by atoms with Crippen LogP contribution < -0.4 is 5.32 Å². The predicted molar refractivity (Wildman–Crippen MR) is 103 cm³/mol. The van der Waals surface area contributed by atoms with E-state index in [9.17, 15) is 9.59 Å². The molecule has 0 saturated carbocycles. The number of benzene rings is 1. The topological polar surface area (TPSA) is 68.5 Å². The van der Waals surface area contributed by atoms with Crippen molar-refractivity contribution in [2.45, 2.75) is 34.1 Å². The molecule has 26 heavy (non-hydrogen) atoms. The van der Waals surface area contributed by atoms with Crippen LogP contribution in [-0.4, -0.2) is 18.5 Å². The van der Waals surface area contributed by atoms with Crippen LogP contribution >= 0.6 is 11.3 Å². The summed E-state index contributed by atoms with van der Waals surface area (Å²) in [5, 5.41) is 4.34. The van der Waals surface area contributed by atoms with Crippen LogP contribution in [0.15, 0.2) is 28.9 Å². The summed E-state index contributed by atoms with van der Waals surface area (Å²) >= 11 is 1.39. The highest BCUT2D eigenvalue weighted by Crippen LogP contribution is 2.33. The van der Waals surface area contributed by atoms with Gasteiger partial charge >= 0.3 is 5.97 Å². The first-order valence-electron chi connectivity index (χ1n) is 8.44. The number of carbonyl (C=O) groups is 2. The molecule has 0 saturated heterocycles. The van der Waals surface area contributed by atoms with E-state index in [2.05, 4.69) is 5.32 Å². The fraction of sp³-hybridized carbons (Fsp3) is 0.300. The van der Waals surface area contributed by atoms with Crippen molar-refractivity contribution in [1.29, 1.82) is 0 Å². The Kier molecular flexibility index (Phi) is 5.13. The summed E-state index contributed by atoms with van der Waals surface area (Å²) in [5.74, 6) is -0.602. The van der Waals surface area contributed by atoms with E-state index in [4.69, 9.17) is 9.15 Å². The summed E-state index contributed by atoms with van der Waals surface area (Å²) in [5.41, 5.74) is 3.97. The van der Waals surface area contributed by atoms with Crippen molar-refractivity contribution in [3.8, 4) is 0 Å². The zero-order chi connectivity index (χ0) is 18.8. The largest absolute Gasteiger partial charge is 0.464 e. The number of anilines is 1. The molecule has 0 aliphatic carbocycles. The number of carbonyl (C=O) groups excluding carboxylic acids is 2. The van der Waals surface area contributed by atoms with Gasteiger partial charge in [-0.05, 0) is 45.4 Å². The molecule has 0 radical (unpaired) electrons. The van der Waals surface area contributed by atoms with Crippen molar-refractivity contribution in [1.82, 2.24) is 0 Å². The fourth-order valence-corrected chi connectivity index (χ4v) is 3.91. The van der Waals surface area contributed by atoms with Crippen molar-refractivity contribution in [3.63, 3.8) is 0 Å². The predicted octanol–water partition coefficient (Wildman–Crippen LogP) is 4.78. The Hall–Kier alpha value is -2.60. The SMILES string of the molecule is CCOC(=O)c1c(NC(=O)Cc2coc3ccc(C)cc23)sc(C)c1C. The number of amides is 1. The van der Waals surface area contributed by atoms with Crippen LogP contribution in [-0.2, 0) is 16.0 Å². The molecule has 6 heteroatoms. The first kappa shape index (κ1) is 18.2. The molecule has 3 aromatic rings. The van der Waals surface area contributed by atoms with Crippen LogP contribution in [0, 0.1) is 20.8 Å². The highest BCUT2D eigenvalue weighted by Gasteiger charge is 2.22. The molecule has 0 atom stereocenters. The van der Waals surface area contributed by atoms with Gasteiger partial charge in [-0.3, -0.25) is 4.79 Å². The molecule has 0 fully saturated rings. The van der Waals surface area contributed by atoms with Crippen LogP contribution in [0.3, 0.4) is 0 Å². The van der Waals surface area contributed by atoms with Crippen molar-refractivity contribution in [3.05, 3.63) is 51.6 Å². The lowest BCUT2D eigenvalue weighted by molar-refractivity contribution is -0.115. The van der Waals surface area contributed by atoms with Crippen LogP contribution in [0.1, 0.15) is 38.8 Å². The first-order valence-corrected chi connectivity index (χ1v) is 9.26. The summed E-state index contributed by atoms with van der Waals surface area (Å²) in [6.45, 7) is 7.83. The number of furan rings is 1. The van der Waals surface area contributed by atoms with E-state index in [0.717, 1.165) is 32.5 Å². The van der Waals surface area contributed by atoms with E-state index in [1.807, 2.05) is 39.0 Å². The molecule has 0 bridgehead atoms. The average molecular weight is 371 g/mol. The summed E-state index contributed by atoms with van der Waals surface area (Å²) in [7, 11) is 0. The number of hydrogen-bond donors (Lipinski definition) is 1. The second-order valence-electron chi connectivity index (χ2n) is 6.19. The van der Waals surface area contributed by atoms with Crippen LogP contribution in [0.25, 0.3) is 11.0 Å². The third-order valence-electron chi connectivity index (χ3n) is 4.28. The molecule has 0 aliphatic heterocycles. The number of hydrogen-bond acceptors (Lipinski definition) is 5. The van der Waals surface area contributed by atoms with Gasteiger partial charge in [-0.2, -0.15) is 0 Å². The Balaban J connectivity index is 1.83. The van der Waals surface area contributed by atoms with Gasteiger partial charge in [0.25, 0.3) is 0 Å². The number of nitrogens with one attached hydrogen (secondary N) is 1. The molecule has 3 rings (SSSR count). The van der Waals surface area contributed by atoms with Crippen molar-refractivity contribution < 1.29 is 18.7 Å². The van der Waals surface area contributed by atoms with Gasteiger partial charge in [-0.25, -0.2) is 4.79 Å². The summed E-state index contributed by atoms with van der Waals surface area (Å²) in [4.78, 5) is 25.8. The minimum absolute atomic E-state index is 0.175. The lowest BCUT2D eigenvalue weighted by Gasteiger charge is -2.07. The van der Waals surface area contributed by atoms with Crippen molar-refractivity contribution in [2.75, 3.05) is 11.9 Å². The number of esters is 1. The minimum atomic E-state index is -0.408.